The van der Waals surface area contributed by atoms with Crippen molar-refractivity contribution in [3.05, 3.63) is 84.2 Å². The smallest absolute Gasteiger partial charge is 0.244 e. The lowest BCUT2D eigenvalue weighted by Crippen LogP contribution is -2.33. The Morgan fingerprint density at radius 1 is 1.13 bits per heavy atom. The Hall–Kier alpha value is -3.45. The minimum atomic E-state index is -3.24. The Bertz CT molecular complexity index is 1220. The normalized spacial score (nSPS) is 15.5. The summed E-state index contributed by atoms with van der Waals surface area (Å²) in [7, 11) is -3.24. The maximum atomic E-state index is 12.1. The van der Waals surface area contributed by atoms with E-state index in [2.05, 4.69) is 10.3 Å². The van der Waals surface area contributed by atoms with Crippen molar-refractivity contribution < 1.29 is 17.9 Å². The van der Waals surface area contributed by atoms with Crippen molar-refractivity contribution in [1.29, 1.82) is 0 Å². The van der Waals surface area contributed by atoms with Crippen molar-refractivity contribution in [2.45, 2.75) is 17.4 Å². The van der Waals surface area contributed by atoms with Crippen LogP contribution < -0.4 is 10.1 Å². The molecule has 7 heteroatoms. The maximum absolute atomic E-state index is 12.1. The average Bonchev–Trinajstić information content (AvgIpc) is 3.20. The Morgan fingerprint density at radius 2 is 1.94 bits per heavy atom. The molecule has 158 valence electrons. The zero-order valence-corrected chi connectivity index (χ0v) is 17.8. The van der Waals surface area contributed by atoms with E-state index in [9.17, 15) is 13.2 Å². The van der Waals surface area contributed by atoms with Crippen LogP contribution in [0.15, 0.2) is 77.8 Å². The Kier molecular flexibility index (Phi) is 5.86. The van der Waals surface area contributed by atoms with Crippen LogP contribution in [-0.4, -0.2) is 38.2 Å². The highest BCUT2D eigenvalue weighted by molar-refractivity contribution is 7.90. The van der Waals surface area contributed by atoms with Crippen LogP contribution in [-0.2, 0) is 21.1 Å². The summed E-state index contributed by atoms with van der Waals surface area (Å²) in [4.78, 5) is 16.5. The molecule has 0 radical (unpaired) electrons. The third-order valence-corrected chi connectivity index (χ3v) is 6.15. The van der Waals surface area contributed by atoms with E-state index in [1.165, 1.54) is 12.3 Å². The monoisotopic (exact) mass is 434 g/mol. The summed E-state index contributed by atoms with van der Waals surface area (Å²) < 4.78 is 29.5. The SMILES string of the molecule is CS(=O)(=O)c1ccc(-c2cccc3c2OC(CNC(=O)C=Cc2ccccn2)C3)cc1. The van der Waals surface area contributed by atoms with E-state index in [-0.39, 0.29) is 16.9 Å². The number of ether oxygens (including phenoxy) is 1. The Balaban J connectivity index is 1.41. The van der Waals surface area contributed by atoms with Gasteiger partial charge in [-0.05, 0) is 41.5 Å². The third kappa shape index (κ3) is 5.00. The number of aromatic nitrogens is 1. The van der Waals surface area contributed by atoms with Crippen molar-refractivity contribution in [3.8, 4) is 16.9 Å². The minimum Gasteiger partial charge on any atom is -0.487 e. The summed E-state index contributed by atoms with van der Waals surface area (Å²) in [5.41, 5.74) is 3.57. The first-order valence-corrected chi connectivity index (χ1v) is 11.8. The summed E-state index contributed by atoms with van der Waals surface area (Å²) in [6.07, 6.45) is 6.51. The summed E-state index contributed by atoms with van der Waals surface area (Å²) in [6.45, 7) is 0.381. The van der Waals surface area contributed by atoms with E-state index in [1.54, 1.807) is 36.5 Å². The second-order valence-corrected chi connectivity index (χ2v) is 9.38. The molecule has 2 aromatic carbocycles. The number of pyridine rings is 1. The van der Waals surface area contributed by atoms with Gasteiger partial charge < -0.3 is 10.1 Å². The van der Waals surface area contributed by atoms with Crippen LogP contribution in [0.4, 0.5) is 0 Å². The number of amides is 1. The lowest BCUT2D eigenvalue weighted by molar-refractivity contribution is -0.116. The fraction of sp³-hybridized carbons (Fsp3) is 0.167. The number of para-hydroxylation sites is 1. The van der Waals surface area contributed by atoms with E-state index in [4.69, 9.17) is 4.74 Å². The molecule has 31 heavy (non-hydrogen) atoms. The second-order valence-electron chi connectivity index (χ2n) is 7.37. The van der Waals surface area contributed by atoms with Crippen molar-refractivity contribution >= 4 is 21.8 Å². The van der Waals surface area contributed by atoms with Crippen LogP contribution in [0.25, 0.3) is 17.2 Å². The molecule has 1 amide bonds. The van der Waals surface area contributed by atoms with Gasteiger partial charge in [0.2, 0.25) is 5.91 Å². The van der Waals surface area contributed by atoms with Gasteiger partial charge in [0.15, 0.2) is 9.84 Å². The van der Waals surface area contributed by atoms with Gasteiger partial charge >= 0.3 is 0 Å². The van der Waals surface area contributed by atoms with Gasteiger partial charge in [0.25, 0.3) is 0 Å². The first-order valence-electron chi connectivity index (χ1n) is 9.86. The lowest BCUT2D eigenvalue weighted by Gasteiger charge is -2.13. The number of hydrogen-bond acceptors (Lipinski definition) is 5. The highest BCUT2D eigenvalue weighted by Crippen LogP contribution is 2.38. The number of carbonyl (C=O) groups excluding carboxylic acids is 1. The first kappa shape index (κ1) is 20.8. The molecule has 0 bridgehead atoms. The Labute approximate surface area is 181 Å². The molecule has 0 saturated carbocycles. The fourth-order valence-corrected chi connectivity index (χ4v) is 4.10. The zero-order chi connectivity index (χ0) is 21.8. The maximum Gasteiger partial charge on any atom is 0.244 e. The summed E-state index contributed by atoms with van der Waals surface area (Å²) in [5.74, 6) is 0.569. The number of nitrogens with one attached hydrogen (secondary N) is 1. The first-order chi connectivity index (χ1) is 14.9. The molecular formula is C24H22N2O4S. The summed E-state index contributed by atoms with van der Waals surface area (Å²) in [6, 6.07) is 18.2. The highest BCUT2D eigenvalue weighted by Gasteiger charge is 2.26. The molecular weight excluding hydrogens is 412 g/mol. The van der Waals surface area contributed by atoms with Crippen molar-refractivity contribution in [2.75, 3.05) is 12.8 Å². The van der Waals surface area contributed by atoms with Crippen LogP contribution in [0.2, 0.25) is 0 Å². The van der Waals surface area contributed by atoms with Crippen molar-refractivity contribution in [2.24, 2.45) is 0 Å². The molecule has 4 rings (SSSR count). The van der Waals surface area contributed by atoms with E-state index in [0.717, 1.165) is 22.4 Å². The van der Waals surface area contributed by atoms with Crippen LogP contribution in [0.1, 0.15) is 11.3 Å². The largest absolute Gasteiger partial charge is 0.487 e. The predicted octanol–water partition coefficient (Wildman–Crippen LogP) is 3.29. The standard InChI is InChI=1S/C24H22N2O4S/c1-31(28,29)21-11-8-17(9-12-21)22-7-4-5-18-15-20(30-24(18)22)16-26-23(27)13-10-19-6-2-3-14-25-19/h2-14,20H,15-16H2,1H3,(H,26,27). The van der Waals surface area contributed by atoms with E-state index in [1.807, 2.05) is 36.4 Å². The number of benzene rings is 2. The number of sulfone groups is 1. The van der Waals surface area contributed by atoms with Crippen molar-refractivity contribution in [1.82, 2.24) is 10.3 Å². The quantitative estimate of drug-likeness (QED) is 0.602. The predicted molar refractivity (Wildman–Crippen MR) is 119 cm³/mol. The lowest BCUT2D eigenvalue weighted by atomic mass is 10.0. The molecule has 0 spiro atoms. The molecule has 1 atom stereocenters. The van der Waals surface area contributed by atoms with E-state index in [0.29, 0.717) is 18.7 Å². The number of nitrogens with zero attached hydrogens (tertiary/aromatic N) is 1. The van der Waals surface area contributed by atoms with E-state index >= 15 is 0 Å². The highest BCUT2D eigenvalue weighted by atomic mass is 32.2. The number of hydrogen-bond donors (Lipinski definition) is 1. The van der Waals surface area contributed by atoms with Gasteiger partial charge in [-0.1, -0.05) is 36.4 Å². The summed E-state index contributed by atoms with van der Waals surface area (Å²) in [5, 5.41) is 2.87. The van der Waals surface area contributed by atoms with E-state index < -0.39 is 9.84 Å². The molecule has 2 heterocycles. The molecule has 1 aliphatic heterocycles. The number of rotatable bonds is 6. The average molecular weight is 435 g/mol. The van der Waals surface area contributed by atoms with Crippen LogP contribution in [0, 0.1) is 0 Å². The topological polar surface area (TPSA) is 85.4 Å². The molecule has 0 aliphatic carbocycles. The van der Waals surface area contributed by atoms with Gasteiger partial charge in [-0.15, -0.1) is 0 Å². The minimum absolute atomic E-state index is 0.168. The van der Waals surface area contributed by atoms with Gasteiger partial charge in [0, 0.05) is 30.5 Å². The van der Waals surface area contributed by atoms with Gasteiger partial charge in [-0.3, -0.25) is 9.78 Å². The molecule has 1 aromatic heterocycles. The molecule has 0 saturated heterocycles. The summed E-state index contributed by atoms with van der Waals surface area (Å²) >= 11 is 0. The number of fused-ring (bicyclic) bond motifs is 1. The molecule has 1 aliphatic rings. The zero-order valence-electron chi connectivity index (χ0n) is 17.0. The van der Waals surface area contributed by atoms with Gasteiger partial charge in [-0.25, -0.2) is 8.42 Å². The second kappa shape index (κ2) is 8.73. The number of carbonyl (C=O) groups is 1. The van der Waals surface area contributed by atoms with Gasteiger partial charge in [0.1, 0.15) is 11.9 Å². The van der Waals surface area contributed by atoms with Crippen molar-refractivity contribution in [3.63, 3.8) is 0 Å². The molecule has 1 unspecified atom stereocenters. The Morgan fingerprint density at radius 3 is 2.65 bits per heavy atom. The third-order valence-electron chi connectivity index (χ3n) is 5.02. The molecule has 0 fully saturated rings. The van der Waals surface area contributed by atoms with Gasteiger partial charge in [0.05, 0.1) is 17.1 Å². The van der Waals surface area contributed by atoms with Crippen LogP contribution in [0.3, 0.4) is 0 Å². The van der Waals surface area contributed by atoms with Crippen LogP contribution >= 0.6 is 0 Å². The molecule has 3 aromatic rings. The fourth-order valence-electron chi connectivity index (χ4n) is 3.47. The molecule has 1 N–H and O–H groups in total. The van der Waals surface area contributed by atoms with Crippen LogP contribution in [0.5, 0.6) is 5.75 Å². The van der Waals surface area contributed by atoms with Gasteiger partial charge in [-0.2, -0.15) is 0 Å². The molecule has 6 nitrogen and oxygen atoms in total.